The average Bonchev–Trinajstić information content (AvgIpc) is 2.19. The second-order valence-electron chi connectivity index (χ2n) is 4.09. The molecule has 0 saturated heterocycles. The van der Waals surface area contributed by atoms with Crippen molar-refractivity contribution in [1.29, 1.82) is 0 Å². The van der Waals surface area contributed by atoms with Gasteiger partial charge in [0.1, 0.15) is 5.54 Å². The van der Waals surface area contributed by atoms with E-state index < -0.39 is 11.4 Å². The van der Waals surface area contributed by atoms with E-state index in [1.807, 2.05) is 0 Å². The summed E-state index contributed by atoms with van der Waals surface area (Å²) in [5.41, 5.74) is 9.82. The molecule has 0 bridgehead atoms. The van der Waals surface area contributed by atoms with E-state index in [1.165, 1.54) is 0 Å². The second-order valence-corrected chi connectivity index (χ2v) is 4.09. The number of primary amides is 1. The molecule has 1 fully saturated rings. The molecule has 94 valence electrons. The van der Waals surface area contributed by atoms with Gasteiger partial charge in [0.2, 0.25) is 11.8 Å². The summed E-state index contributed by atoms with van der Waals surface area (Å²) in [6.07, 6.45) is 4.52. The molecule has 1 aliphatic carbocycles. The van der Waals surface area contributed by atoms with Crippen LogP contribution in [0.25, 0.3) is 0 Å². The van der Waals surface area contributed by atoms with Crippen molar-refractivity contribution in [3.8, 4) is 0 Å². The maximum Gasteiger partial charge on any atom is 0.243 e. The molecule has 0 aliphatic heterocycles. The lowest BCUT2D eigenvalue weighted by atomic mass is 9.81. The third-order valence-electron chi connectivity index (χ3n) is 2.93. The fourth-order valence-corrected chi connectivity index (χ4v) is 2.05. The van der Waals surface area contributed by atoms with Crippen molar-refractivity contribution in [3.05, 3.63) is 0 Å². The monoisotopic (exact) mass is 249 g/mol. The van der Waals surface area contributed by atoms with E-state index in [0.717, 1.165) is 19.3 Å². The highest BCUT2D eigenvalue weighted by Crippen LogP contribution is 2.27. The van der Waals surface area contributed by atoms with Crippen molar-refractivity contribution in [3.63, 3.8) is 0 Å². The van der Waals surface area contributed by atoms with Gasteiger partial charge in [0, 0.05) is 13.0 Å². The number of hydrogen-bond donors (Lipinski definition) is 3. The molecule has 16 heavy (non-hydrogen) atoms. The van der Waals surface area contributed by atoms with Crippen LogP contribution in [-0.4, -0.2) is 23.9 Å². The summed E-state index contributed by atoms with van der Waals surface area (Å²) in [7, 11) is 0. The number of nitrogens with one attached hydrogen (secondary N) is 1. The van der Waals surface area contributed by atoms with Crippen LogP contribution in [0.3, 0.4) is 0 Å². The number of hydrogen-bond acceptors (Lipinski definition) is 3. The average molecular weight is 250 g/mol. The van der Waals surface area contributed by atoms with Gasteiger partial charge in [-0.1, -0.05) is 19.3 Å². The quantitative estimate of drug-likeness (QED) is 0.657. The smallest absolute Gasteiger partial charge is 0.243 e. The van der Waals surface area contributed by atoms with Crippen molar-refractivity contribution in [2.75, 3.05) is 6.54 Å². The van der Waals surface area contributed by atoms with Gasteiger partial charge in [-0.2, -0.15) is 0 Å². The number of rotatable bonds is 4. The van der Waals surface area contributed by atoms with E-state index in [1.54, 1.807) is 0 Å². The van der Waals surface area contributed by atoms with Crippen LogP contribution >= 0.6 is 12.4 Å². The maximum absolute atomic E-state index is 11.4. The molecule has 0 aromatic heterocycles. The molecule has 0 unspecified atom stereocenters. The van der Waals surface area contributed by atoms with Crippen LogP contribution in [0.4, 0.5) is 0 Å². The molecule has 5 N–H and O–H groups in total. The Kier molecular flexibility index (Phi) is 6.36. The molecular weight excluding hydrogens is 230 g/mol. The van der Waals surface area contributed by atoms with Crippen molar-refractivity contribution >= 4 is 24.2 Å². The van der Waals surface area contributed by atoms with Gasteiger partial charge < -0.3 is 16.8 Å². The highest BCUT2D eigenvalue weighted by atomic mass is 35.5. The Hall–Kier alpha value is -0.810. The summed E-state index contributed by atoms with van der Waals surface area (Å²) in [4.78, 5) is 22.8. The first kappa shape index (κ1) is 15.2. The second kappa shape index (κ2) is 6.70. The highest BCUT2D eigenvalue weighted by molar-refractivity contribution is 5.90. The molecule has 0 heterocycles. The van der Waals surface area contributed by atoms with Crippen molar-refractivity contribution in [2.45, 2.75) is 44.1 Å². The minimum absolute atomic E-state index is 0. The molecule has 1 saturated carbocycles. The maximum atomic E-state index is 11.4. The molecule has 2 amide bonds. The fraction of sp³-hybridized carbons (Fsp3) is 0.800. The minimum atomic E-state index is -0.815. The van der Waals surface area contributed by atoms with Gasteiger partial charge in [-0.15, -0.1) is 12.4 Å². The predicted octanol–water partition coefficient (Wildman–Crippen LogP) is 0.0614. The zero-order valence-corrected chi connectivity index (χ0v) is 10.1. The molecule has 0 aromatic carbocycles. The summed E-state index contributed by atoms with van der Waals surface area (Å²) in [6, 6.07) is 0. The van der Waals surface area contributed by atoms with Crippen molar-refractivity contribution in [1.82, 2.24) is 5.32 Å². The lowest BCUT2D eigenvalue weighted by Gasteiger charge is -2.35. The number of halogens is 1. The standard InChI is InChI=1S/C10H19N3O2.ClH/c11-7-4-8(14)13-10(9(12)15)5-2-1-3-6-10;/h1-7,11H2,(H2,12,15)(H,13,14);1H. The van der Waals surface area contributed by atoms with Crippen LogP contribution in [0.2, 0.25) is 0 Å². The highest BCUT2D eigenvalue weighted by Gasteiger charge is 2.38. The van der Waals surface area contributed by atoms with Crippen LogP contribution in [0, 0.1) is 0 Å². The van der Waals surface area contributed by atoms with E-state index in [9.17, 15) is 9.59 Å². The van der Waals surface area contributed by atoms with Gasteiger partial charge in [0.15, 0.2) is 0 Å². The zero-order valence-electron chi connectivity index (χ0n) is 9.33. The van der Waals surface area contributed by atoms with E-state index in [4.69, 9.17) is 11.5 Å². The molecule has 1 aliphatic rings. The first-order chi connectivity index (χ1) is 7.10. The third-order valence-corrected chi connectivity index (χ3v) is 2.93. The SMILES string of the molecule is Cl.NCCC(=O)NC1(C(N)=O)CCCCC1. The minimum Gasteiger partial charge on any atom is -0.368 e. The largest absolute Gasteiger partial charge is 0.368 e. The first-order valence-electron chi connectivity index (χ1n) is 5.42. The number of nitrogens with two attached hydrogens (primary N) is 2. The van der Waals surface area contributed by atoms with Gasteiger partial charge in [-0.25, -0.2) is 0 Å². The number of carbonyl (C=O) groups is 2. The Morgan fingerprint density at radius 1 is 1.19 bits per heavy atom. The van der Waals surface area contributed by atoms with E-state index in [2.05, 4.69) is 5.32 Å². The van der Waals surface area contributed by atoms with Crippen LogP contribution < -0.4 is 16.8 Å². The van der Waals surface area contributed by atoms with Gasteiger partial charge in [-0.05, 0) is 12.8 Å². The third kappa shape index (κ3) is 3.64. The molecule has 6 heteroatoms. The topological polar surface area (TPSA) is 98.2 Å². The molecule has 0 atom stereocenters. The van der Waals surface area contributed by atoms with Crippen molar-refractivity contribution < 1.29 is 9.59 Å². The van der Waals surface area contributed by atoms with Gasteiger partial charge in [0.05, 0.1) is 0 Å². The summed E-state index contributed by atoms with van der Waals surface area (Å²) in [5.74, 6) is -0.606. The molecule has 0 radical (unpaired) electrons. The van der Waals surface area contributed by atoms with E-state index >= 15 is 0 Å². The summed E-state index contributed by atoms with van der Waals surface area (Å²) in [5, 5.41) is 2.74. The van der Waals surface area contributed by atoms with Crippen LogP contribution in [0.1, 0.15) is 38.5 Å². The lowest BCUT2D eigenvalue weighted by Crippen LogP contribution is -2.58. The van der Waals surface area contributed by atoms with Crippen molar-refractivity contribution in [2.24, 2.45) is 11.5 Å². The number of amides is 2. The summed E-state index contributed by atoms with van der Waals surface area (Å²) >= 11 is 0. The van der Waals surface area contributed by atoms with Crippen LogP contribution in [-0.2, 0) is 9.59 Å². The molecular formula is C10H20ClN3O2. The van der Waals surface area contributed by atoms with E-state index in [-0.39, 0.29) is 24.7 Å². The summed E-state index contributed by atoms with van der Waals surface area (Å²) < 4.78 is 0. The summed E-state index contributed by atoms with van der Waals surface area (Å²) in [6.45, 7) is 0.292. The Balaban J connectivity index is 0.00000225. The Morgan fingerprint density at radius 2 is 1.75 bits per heavy atom. The molecule has 5 nitrogen and oxygen atoms in total. The molecule has 1 rings (SSSR count). The van der Waals surface area contributed by atoms with Gasteiger partial charge >= 0.3 is 0 Å². The normalized spacial score (nSPS) is 18.3. The van der Waals surface area contributed by atoms with Crippen LogP contribution in [0.15, 0.2) is 0 Å². The molecule has 0 spiro atoms. The Labute approximate surface area is 102 Å². The Morgan fingerprint density at radius 3 is 2.19 bits per heavy atom. The predicted molar refractivity (Wildman–Crippen MR) is 64.1 cm³/mol. The first-order valence-corrected chi connectivity index (χ1v) is 5.42. The number of carbonyl (C=O) groups excluding carboxylic acids is 2. The van der Waals surface area contributed by atoms with Gasteiger partial charge in [0.25, 0.3) is 0 Å². The zero-order chi connectivity index (χ0) is 11.3. The fourth-order valence-electron chi connectivity index (χ4n) is 2.05. The lowest BCUT2D eigenvalue weighted by molar-refractivity contribution is -0.132. The van der Waals surface area contributed by atoms with Gasteiger partial charge in [-0.3, -0.25) is 9.59 Å². The van der Waals surface area contributed by atoms with Crippen LogP contribution in [0.5, 0.6) is 0 Å². The van der Waals surface area contributed by atoms with E-state index in [0.29, 0.717) is 19.4 Å². The molecule has 0 aromatic rings. The Bertz CT molecular complexity index is 252.